The standard InChI is InChI=1S/C11H12O2S/c1-7(11(12)13)10(8-4-5-8)9-3-2-6-14-9/h2-3,6,8H,4-5H2,1H3,(H,12,13)/b10-7+. The van der Waals surface area contributed by atoms with Gasteiger partial charge in [0.1, 0.15) is 0 Å². The number of allylic oxidation sites excluding steroid dienone is 1. The molecule has 74 valence electrons. The van der Waals surface area contributed by atoms with Gasteiger partial charge in [-0.2, -0.15) is 0 Å². The van der Waals surface area contributed by atoms with Crippen LogP contribution in [0.4, 0.5) is 0 Å². The lowest BCUT2D eigenvalue weighted by atomic mass is 10.0. The fraction of sp³-hybridized carbons (Fsp3) is 0.364. The van der Waals surface area contributed by atoms with E-state index in [0.29, 0.717) is 11.5 Å². The smallest absolute Gasteiger partial charge is 0.331 e. The van der Waals surface area contributed by atoms with Crippen molar-refractivity contribution in [2.24, 2.45) is 5.92 Å². The molecular weight excluding hydrogens is 196 g/mol. The molecule has 0 amide bonds. The number of hydrogen-bond donors (Lipinski definition) is 1. The molecule has 0 aromatic carbocycles. The van der Waals surface area contributed by atoms with Gasteiger partial charge in [0.25, 0.3) is 0 Å². The summed E-state index contributed by atoms with van der Waals surface area (Å²) in [6.45, 7) is 1.70. The van der Waals surface area contributed by atoms with Crippen molar-refractivity contribution < 1.29 is 9.90 Å². The van der Waals surface area contributed by atoms with Gasteiger partial charge in [-0.15, -0.1) is 11.3 Å². The first-order chi connectivity index (χ1) is 6.70. The van der Waals surface area contributed by atoms with E-state index in [2.05, 4.69) is 0 Å². The van der Waals surface area contributed by atoms with E-state index >= 15 is 0 Å². The second-order valence-corrected chi connectivity index (χ2v) is 4.54. The van der Waals surface area contributed by atoms with Crippen LogP contribution in [0.15, 0.2) is 23.1 Å². The normalized spacial score (nSPS) is 17.8. The Morgan fingerprint density at radius 1 is 1.57 bits per heavy atom. The predicted octanol–water partition coefficient (Wildman–Crippen LogP) is 3.02. The highest BCUT2D eigenvalue weighted by molar-refractivity contribution is 7.11. The van der Waals surface area contributed by atoms with Gasteiger partial charge in [-0.05, 0) is 42.7 Å². The molecule has 0 radical (unpaired) electrons. The summed E-state index contributed by atoms with van der Waals surface area (Å²) >= 11 is 1.62. The number of carbonyl (C=O) groups is 1. The van der Waals surface area contributed by atoms with E-state index in [9.17, 15) is 4.79 Å². The highest BCUT2D eigenvalue weighted by Crippen LogP contribution is 2.44. The monoisotopic (exact) mass is 208 g/mol. The Bertz CT molecular complexity index is 372. The number of rotatable bonds is 3. The van der Waals surface area contributed by atoms with Crippen LogP contribution in [0.2, 0.25) is 0 Å². The van der Waals surface area contributed by atoms with Crippen molar-refractivity contribution in [1.29, 1.82) is 0 Å². The molecule has 1 N–H and O–H groups in total. The van der Waals surface area contributed by atoms with Gasteiger partial charge in [-0.1, -0.05) is 6.07 Å². The number of aliphatic carboxylic acids is 1. The summed E-state index contributed by atoms with van der Waals surface area (Å²) in [4.78, 5) is 12.0. The molecule has 1 fully saturated rings. The second-order valence-electron chi connectivity index (χ2n) is 3.60. The minimum atomic E-state index is -0.791. The molecule has 3 heteroatoms. The lowest BCUT2D eigenvalue weighted by molar-refractivity contribution is -0.132. The van der Waals surface area contributed by atoms with E-state index < -0.39 is 5.97 Å². The highest BCUT2D eigenvalue weighted by atomic mass is 32.1. The number of hydrogen-bond acceptors (Lipinski definition) is 2. The van der Waals surface area contributed by atoms with E-state index in [1.54, 1.807) is 18.3 Å². The van der Waals surface area contributed by atoms with Crippen molar-refractivity contribution in [3.8, 4) is 0 Å². The molecule has 0 spiro atoms. The van der Waals surface area contributed by atoms with Crippen molar-refractivity contribution in [1.82, 2.24) is 0 Å². The first-order valence-corrected chi connectivity index (χ1v) is 5.56. The molecule has 0 bridgehead atoms. The third-order valence-electron chi connectivity index (χ3n) is 2.50. The summed E-state index contributed by atoms with van der Waals surface area (Å²) in [6, 6.07) is 3.97. The summed E-state index contributed by atoms with van der Waals surface area (Å²) in [5.74, 6) is -0.301. The predicted molar refractivity (Wildman–Crippen MR) is 57.3 cm³/mol. The van der Waals surface area contributed by atoms with Gasteiger partial charge >= 0.3 is 5.97 Å². The summed E-state index contributed by atoms with van der Waals surface area (Å²) in [5.41, 5.74) is 1.56. The van der Waals surface area contributed by atoms with E-state index in [1.165, 1.54) is 0 Å². The molecule has 0 aliphatic heterocycles. The Hall–Kier alpha value is -1.09. The van der Waals surface area contributed by atoms with Gasteiger partial charge in [-0.25, -0.2) is 4.79 Å². The summed E-state index contributed by atoms with van der Waals surface area (Å²) in [6.07, 6.45) is 2.27. The summed E-state index contributed by atoms with van der Waals surface area (Å²) in [5, 5.41) is 11.0. The average molecular weight is 208 g/mol. The first-order valence-electron chi connectivity index (χ1n) is 4.68. The van der Waals surface area contributed by atoms with Crippen LogP contribution in [0.3, 0.4) is 0 Å². The molecule has 14 heavy (non-hydrogen) atoms. The molecule has 2 rings (SSSR count). The number of carboxylic acid groups (broad SMARTS) is 1. The maximum Gasteiger partial charge on any atom is 0.331 e. The van der Waals surface area contributed by atoms with Crippen LogP contribution in [0, 0.1) is 5.92 Å². The molecule has 1 aromatic rings. The van der Waals surface area contributed by atoms with Crippen molar-refractivity contribution in [3.05, 3.63) is 28.0 Å². The quantitative estimate of drug-likeness (QED) is 0.775. The Kier molecular flexibility index (Phi) is 2.42. The lowest BCUT2D eigenvalue weighted by Gasteiger charge is -2.05. The molecule has 1 aliphatic carbocycles. The van der Waals surface area contributed by atoms with Crippen molar-refractivity contribution in [2.45, 2.75) is 19.8 Å². The van der Waals surface area contributed by atoms with E-state index in [4.69, 9.17) is 5.11 Å². The van der Waals surface area contributed by atoms with E-state index in [-0.39, 0.29) is 0 Å². The topological polar surface area (TPSA) is 37.3 Å². The number of thiophene rings is 1. The maximum atomic E-state index is 10.9. The first kappa shape index (κ1) is 9.46. The summed E-state index contributed by atoms with van der Waals surface area (Å²) < 4.78 is 0. The Labute approximate surface area is 86.9 Å². The van der Waals surface area contributed by atoms with Crippen LogP contribution in [0.25, 0.3) is 5.57 Å². The molecule has 1 aliphatic rings. The fourth-order valence-corrected chi connectivity index (χ4v) is 2.52. The molecule has 1 heterocycles. The molecule has 0 saturated heterocycles. The van der Waals surface area contributed by atoms with Gasteiger partial charge in [0.2, 0.25) is 0 Å². The van der Waals surface area contributed by atoms with Gasteiger partial charge in [0, 0.05) is 10.5 Å². The van der Waals surface area contributed by atoms with Gasteiger partial charge in [0.05, 0.1) is 0 Å². The third kappa shape index (κ3) is 1.73. The van der Waals surface area contributed by atoms with Crippen LogP contribution in [0.1, 0.15) is 24.6 Å². The van der Waals surface area contributed by atoms with Crippen molar-refractivity contribution >= 4 is 22.9 Å². The van der Waals surface area contributed by atoms with Crippen molar-refractivity contribution in [2.75, 3.05) is 0 Å². The van der Waals surface area contributed by atoms with Crippen molar-refractivity contribution in [3.63, 3.8) is 0 Å². The zero-order valence-corrected chi connectivity index (χ0v) is 8.80. The Morgan fingerprint density at radius 2 is 2.29 bits per heavy atom. The minimum absolute atomic E-state index is 0.491. The van der Waals surface area contributed by atoms with Crippen LogP contribution in [0.5, 0.6) is 0 Å². The number of carboxylic acids is 1. The molecule has 1 aromatic heterocycles. The van der Waals surface area contributed by atoms with Gasteiger partial charge in [0.15, 0.2) is 0 Å². The minimum Gasteiger partial charge on any atom is -0.478 e. The van der Waals surface area contributed by atoms with E-state index in [0.717, 1.165) is 23.3 Å². The van der Waals surface area contributed by atoms with Crippen LogP contribution >= 0.6 is 11.3 Å². The molecule has 0 atom stereocenters. The largest absolute Gasteiger partial charge is 0.478 e. The van der Waals surface area contributed by atoms with Crippen LogP contribution in [-0.4, -0.2) is 11.1 Å². The zero-order valence-electron chi connectivity index (χ0n) is 7.99. The second kappa shape index (κ2) is 3.58. The molecule has 0 unspecified atom stereocenters. The molecule has 1 saturated carbocycles. The maximum absolute atomic E-state index is 10.9. The Balaban J connectivity index is 2.42. The summed E-state index contributed by atoms with van der Waals surface area (Å²) in [7, 11) is 0. The SMILES string of the molecule is C/C(C(=O)O)=C(\c1cccs1)C1CC1. The fourth-order valence-electron chi connectivity index (χ4n) is 1.61. The zero-order chi connectivity index (χ0) is 10.1. The van der Waals surface area contributed by atoms with Gasteiger partial charge < -0.3 is 5.11 Å². The molecule has 2 nitrogen and oxygen atoms in total. The van der Waals surface area contributed by atoms with Gasteiger partial charge in [-0.3, -0.25) is 0 Å². The van der Waals surface area contributed by atoms with E-state index in [1.807, 2.05) is 17.5 Å². The highest BCUT2D eigenvalue weighted by Gasteiger charge is 2.30. The average Bonchev–Trinajstić information content (AvgIpc) is 2.81. The third-order valence-corrected chi connectivity index (χ3v) is 3.40. The lowest BCUT2D eigenvalue weighted by Crippen LogP contribution is -2.01. The van der Waals surface area contributed by atoms with Crippen LogP contribution < -0.4 is 0 Å². The van der Waals surface area contributed by atoms with Crippen LogP contribution in [-0.2, 0) is 4.79 Å². The molecular formula is C11H12O2S. The Morgan fingerprint density at radius 3 is 2.71 bits per heavy atom.